The van der Waals surface area contributed by atoms with Crippen molar-refractivity contribution in [2.75, 3.05) is 7.11 Å². The lowest BCUT2D eigenvalue weighted by atomic mass is 10.0. The molecule has 1 aliphatic carbocycles. The molecule has 1 aliphatic rings. The topological polar surface area (TPSA) is 55.5 Å². The molecule has 82 valence electrons. The summed E-state index contributed by atoms with van der Waals surface area (Å²) in [6.45, 7) is 0. The van der Waals surface area contributed by atoms with Gasteiger partial charge >= 0.3 is 0 Å². The van der Waals surface area contributed by atoms with E-state index in [0.29, 0.717) is 5.56 Å². The van der Waals surface area contributed by atoms with Gasteiger partial charge in [0.2, 0.25) is 0 Å². The summed E-state index contributed by atoms with van der Waals surface area (Å²) in [5.41, 5.74) is 5.91. The Balaban J connectivity index is 2.63. The normalized spacial score (nSPS) is 17.6. The van der Waals surface area contributed by atoms with Crippen LogP contribution in [0.5, 0.6) is 11.5 Å². The molecule has 1 saturated carbocycles. The molecule has 1 aromatic rings. The molecule has 0 atom stereocenters. The number of benzene rings is 1. The predicted octanol–water partition coefficient (Wildman–Crippen LogP) is 2.14. The maximum atomic E-state index is 13.3. The van der Waals surface area contributed by atoms with Crippen molar-refractivity contribution < 1.29 is 14.2 Å². The molecule has 0 amide bonds. The zero-order valence-electron chi connectivity index (χ0n) is 8.18. The first-order valence-electron chi connectivity index (χ1n) is 4.54. The second-order valence-electron chi connectivity index (χ2n) is 3.76. The van der Waals surface area contributed by atoms with Crippen LogP contribution >= 0.6 is 11.6 Å². The van der Waals surface area contributed by atoms with Gasteiger partial charge in [0.25, 0.3) is 0 Å². The Hall–Kier alpha value is -1.00. The minimum absolute atomic E-state index is 0.121. The molecule has 1 fully saturated rings. The highest BCUT2D eigenvalue weighted by molar-refractivity contribution is 6.33. The van der Waals surface area contributed by atoms with Gasteiger partial charge in [0.1, 0.15) is 10.8 Å². The quantitative estimate of drug-likeness (QED) is 0.820. The molecule has 0 radical (unpaired) electrons. The zero-order chi connectivity index (χ0) is 11.2. The monoisotopic (exact) mass is 231 g/mol. The number of hydrogen-bond acceptors (Lipinski definition) is 3. The first-order valence-corrected chi connectivity index (χ1v) is 4.92. The molecule has 1 aromatic carbocycles. The molecule has 0 spiro atoms. The van der Waals surface area contributed by atoms with E-state index in [1.807, 2.05) is 0 Å². The average Bonchev–Trinajstić information content (AvgIpc) is 2.94. The number of phenols is 1. The van der Waals surface area contributed by atoms with Gasteiger partial charge in [-0.3, -0.25) is 0 Å². The van der Waals surface area contributed by atoms with Crippen molar-refractivity contribution in [3.05, 3.63) is 22.5 Å². The molecular formula is C10H11ClFNO2. The highest BCUT2D eigenvalue weighted by atomic mass is 35.5. The Morgan fingerprint density at radius 2 is 2.20 bits per heavy atom. The van der Waals surface area contributed by atoms with E-state index >= 15 is 0 Å². The van der Waals surface area contributed by atoms with Crippen LogP contribution in [0.3, 0.4) is 0 Å². The number of aromatic hydroxyl groups is 1. The summed E-state index contributed by atoms with van der Waals surface area (Å²) in [4.78, 5) is 0. The van der Waals surface area contributed by atoms with Crippen LogP contribution in [0.25, 0.3) is 0 Å². The SMILES string of the molecule is COc1c(C2(N)CC2)cc(F)c(O)c1Cl. The molecule has 15 heavy (non-hydrogen) atoms. The van der Waals surface area contributed by atoms with Crippen LogP contribution in [-0.4, -0.2) is 12.2 Å². The summed E-state index contributed by atoms with van der Waals surface area (Å²) in [5, 5.41) is 9.18. The third kappa shape index (κ3) is 1.54. The van der Waals surface area contributed by atoms with E-state index < -0.39 is 17.1 Å². The fraction of sp³-hybridized carbons (Fsp3) is 0.400. The van der Waals surface area contributed by atoms with Gasteiger partial charge in [0.05, 0.1) is 7.11 Å². The Kier molecular flexibility index (Phi) is 2.28. The highest BCUT2D eigenvalue weighted by Gasteiger charge is 2.43. The van der Waals surface area contributed by atoms with Crippen molar-refractivity contribution in [1.82, 2.24) is 0 Å². The number of methoxy groups -OCH3 is 1. The fourth-order valence-electron chi connectivity index (χ4n) is 1.56. The third-order valence-electron chi connectivity index (χ3n) is 2.68. The average molecular weight is 232 g/mol. The summed E-state index contributed by atoms with van der Waals surface area (Å²) < 4.78 is 18.3. The minimum Gasteiger partial charge on any atom is -0.504 e. The van der Waals surface area contributed by atoms with Crippen molar-refractivity contribution in [2.45, 2.75) is 18.4 Å². The largest absolute Gasteiger partial charge is 0.504 e. The fourth-order valence-corrected chi connectivity index (χ4v) is 1.83. The third-order valence-corrected chi connectivity index (χ3v) is 3.03. The molecule has 0 heterocycles. The van der Waals surface area contributed by atoms with Gasteiger partial charge in [-0.2, -0.15) is 0 Å². The highest BCUT2D eigenvalue weighted by Crippen LogP contribution is 2.50. The summed E-state index contributed by atoms with van der Waals surface area (Å²) in [6.07, 6.45) is 1.54. The molecule has 0 unspecified atom stereocenters. The summed E-state index contributed by atoms with van der Waals surface area (Å²) in [6, 6.07) is 1.19. The molecule has 2 rings (SSSR count). The van der Waals surface area contributed by atoms with Crippen LogP contribution in [0.15, 0.2) is 6.07 Å². The van der Waals surface area contributed by atoms with E-state index in [9.17, 15) is 9.50 Å². The number of ether oxygens (including phenoxy) is 1. The van der Waals surface area contributed by atoms with Crippen molar-refractivity contribution in [2.24, 2.45) is 5.73 Å². The lowest BCUT2D eigenvalue weighted by molar-refractivity contribution is 0.388. The molecule has 3 N–H and O–H groups in total. The number of rotatable bonds is 2. The van der Waals surface area contributed by atoms with E-state index in [1.54, 1.807) is 0 Å². The van der Waals surface area contributed by atoms with Gasteiger partial charge in [-0.1, -0.05) is 11.6 Å². The molecular weight excluding hydrogens is 221 g/mol. The Labute approximate surface area is 91.6 Å². The Morgan fingerprint density at radius 3 is 2.67 bits per heavy atom. The van der Waals surface area contributed by atoms with E-state index in [2.05, 4.69) is 0 Å². The van der Waals surface area contributed by atoms with Gasteiger partial charge in [0, 0.05) is 11.1 Å². The number of nitrogens with two attached hydrogens (primary N) is 1. The second-order valence-corrected chi connectivity index (χ2v) is 4.14. The van der Waals surface area contributed by atoms with E-state index in [1.165, 1.54) is 13.2 Å². The molecule has 5 heteroatoms. The Bertz CT molecular complexity index is 418. The van der Waals surface area contributed by atoms with Gasteiger partial charge in [0.15, 0.2) is 11.6 Å². The van der Waals surface area contributed by atoms with Gasteiger partial charge in [-0.15, -0.1) is 0 Å². The first kappa shape index (κ1) is 10.5. The lowest BCUT2D eigenvalue weighted by Gasteiger charge is -2.16. The van der Waals surface area contributed by atoms with E-state index in [0.717, 1.165) is 12.8 Å². The maximum Gasteiger partial charge on any atom is 0.174 e. The van der Waals surface area contributed by atoms with Gasteiger partial charge in [-0.25, -0.2) is 4.39 Å². The van der Waals surface area contributed by atoms with Crippen molar-refractivity contribution in [3.8, 4) is 11.5 Å². The maximum absolute atomic E-state index is 13.3. The van der Waals surface area contributed by atoms with Gasteiger partial charge < -0.3 is 15.6 Å². The summed E-state index contributed by atoms with van der Waals surface area (Å²) >= 11 is 5.77. The summed E-state index contributed by atoms with van der Waals surface area (Å²) in [5.74, 6) is -1.11. The second kappa shape index (κ2) is 3.25. The summed E-state index contributed by atoms with van der Waals surface area (Å²) in [7, 11) is 1.41. The zero-order valence-corrected chi connectivity index (χ0v) is 8.94. The van der Waals surface area contributed by atoms with Crippen molar-refractivity contribution in [1.29, 1.82) is 0 Å². The van der Waals surface area contributed by atoms with Gasteiger partial charge in [-0.05, 0) is 18.9 Å². The number of halogens is 2. The smallest absolute Gasteiger partial charge is 0.174 e. The minimum atomic E-state index is -0.771. The molecule has 3 nitrogen and oxygen atoms in total. The first-order chi connectivity index (χ1) is 6.99. The predicted molar refractivity (Wildman–Crippen MR) is 54.7 cm³/mol. The molecule has 0 saturated heterocycles. The number of hydrogen-bond donors (Lipinski definition) is 2. The van der Waals surface area contributed by atoms with Crippen molar-refractivity contribution >= 4 is 11.6 Å². The Morgan fingerprint density at radius 1 is 1.60 bits per heavy atom. The van der Waals surface area contributed by atoms with Crippen LogP contribution in [0, 0.1) is 5.82 Å². The number of phenolic OH excluding ortho intramolecular Hbond substituents is 1. The van der Waals surface area contributed by atoms with Crippen LogP contribution in [-0.2, 0) is 5.54 Å². The van der Waals surface area contributed by atoms with E-state index in [4.69, 9.17) is 22.1 Å². The molecule has 0 aliphatic heterocycles. The van der Waals surface area contributed by atoms with Crippen molar-refractivity contribution in [3.63, 3.8) is 0 Å². The molecule has 0 bridgehead atoms. The standard InChI is InChI=1S/C10H11ClFNO2/c1-15-9-5(10(13)2-3-10)4-6(12)8(14)7(9)11/h4,14H,2-3,13H2,1H3. The van der Waals surface area contributed by atoms with Crippen LogP contribution in [0.1, 0.15) is 18.4 Å². The lowest BCUT2D eigenvalue weighted by Crippen LogP contribution is -2.20. The van der Waals surface area contributed by atoms with Crippen LogP contribution < -0.4 is 10.5 Å². The van der Waals surface area contributed by atoms with Crippen LogP contribution in [0.2, 0.25) is 5.02 Å². The van der Waals surface area contributed by atoms with E-state index in [-0.39, 0.29) is 10.8 Å². The molecule has 0 aromatic heterocycles. The van der Waals surface area contributed by atoms with Crippen LogP contribution in [0.4, 0.5) is 4.39 Å².